The Labute approximate surface area is 433 Å². The van der Waals surface area contributed by atoms with E-state index in [-0.39, 0.29) is 68.8 Å². The average Bonchev–Trinajstić information content (AvgIpc) is 4.22. The fourth-order valence-electron chi connectivity index (χ4n) is 9.21. The van der Waals surface area contributed by atoms with E-state index in [1.165, 1.54) is 18.5 Å². The van der Waals surface area contributed by atoms with E-state index in [0.29, 0.717) is 71.9 Å². The SMILES string of the molecule is Cc1cccc(-c2nc(CN(C(=O)OCc3ccc(NC(=O)[C@H](CCCNC(N)=O)NC(=O)C(NC(=O)CCCCCN4C(=O)C=CC4=O)C(C)C)cc3)[C@@H]3CCc4ccccc43)[nH]c2-c2ccn3ncnc3c2)n1. The molecule has 2 aliphatic rings. The summed E-state index contributed by atoms with van der Waals surface area (Å²) < 4.78 is 7.71. The number of imide groups is 1. The number of urea groups is 1. The number of anilines is 1. The summed E-state index contributed by atoms with van der Waals surface area (Å²) in [4.78, 5) is 110. The number of unbranched alkanes of at least 4 members (excludes halogenated alkanes) is 2. The maximum atomic E-state index is 14.4. The Morgan fingerprint density at radius 3 is 2.44 bits per heavy atom. The topological polar surface area (TPSA) is 281 Å². The molecule has 0 bridgehead atoms. The molecule has 8 rings (SSSR count). The molecular formula is C54H61N13O8. The summed E-state index contributed by atoms with van der Waals surface area (Å²) in [5.41, 5.74) is 12.8. The molecule has 0 spiro atoms. The molecule has 21 nitrogen and oxygen atoms in total. The third-order valence-electron chi connectivity index (χ3n) is 13.1. The van der Waals surface area contributed by atoms with Crippen molar-refractivity contribution in [2.45, 2.75) is 103 Å². The summed E-state index contributed by atoms with van der Waals surface area (Å²) in [5, 5.41) is 15.2. The van der Waals surface area contributed by atoms with Gasteiger partial charge >= 0.3 is 12.1 Å². The summed E-state index contributed by atoms with van der Waals surface area (Å²) in [7, 11) is 0. The number of nitrogens with zero attached hydrogens (tertiary/aromatic N) is 7. The third-order valence-corrected chi connectivity index (χ3v) is 13.1. The fourth-order valence-corrected chi connectivity index (χ4v) is 9.21. The lowest BCUT2D eigenvalue weighted by atomic mass is 10.0. The van der Waals surface area contributed by atoms with Crippen LogP contribution in [0, 0.1) is 12.8 Å². The van der Waals surface area contributed by atoms with Crippen molar-refractivity contribution >= 4 is 53.0 Å². The summed E-state index contributed by atoms with van der Waals surface area (Å²) in [5.74, 6) is -1.97. The first-order valence-corrected chi connectivity index (χ1v) is 25.1. The highest BCUT2D eigenvalue weighted by Crippen LogP contribution is 2.38. The second-order valence-corrected chi connectivity index (χ2v) is 18.9. The van der Waals surface area contributed by atoms with Gasteiger partial charge in [0.25, 0.3) is 11.8 Å². The van der Waals surface area contributed by atoms with Crippen molar-refractivity contribution in [1.29, 1.82) is 0 Å². The number of H-pyrrole nitrogens is 1. The second kappa shape index (κ2) is 24.3. The number of benzene rings is 2. The van der Waals surface area contributed by atoms with E-state index in [9.17, 15) is 33.6 Å². The van der Waals surface area contributed by atoms with Crippen molar-refractivity contribution in [3.8, 4) is 22.6 Å². The van der Waals surface area contributed by atoms with Crippen LogP contribution < -0.4 is 27.0 Å². The first kappa shape index (κ1) is 52.6. The molecule has 8 amide bonds. The molecule has 0 saturated heterocycles. The van der Waals surface area contributed by atoms with Gasteiger partial charge in [0.15, 0.2) is 5.65 Å². The van der Waals surface area contributed by atoms with E-state index in [4.69, 9.17) is 20.4 Å². The van der Waals surface area contributed by atoms with Crippen molar-refractivity contribution in [2.24, 2.45) is 11.7 Å². The predicted octanol–water partition coefficient (Wildman–Crippen LogP) is 5.81. The van der Waals surface area contributed by atoms with E-state index < -0.39 is 36.0 Å². The van der Waals surface area contributed by atoms with Crippen LogP contribution in [-0.2, 0) is 48.3 Å². The zero-order valence-corrected chi connectivity index (χ0v) is 42.1. The predicted molar refractivity (Wildman–Crippen MR) is 277 cm³/mol. The second-order valence-electron chi connectivity index (χ2n) is 18.9. The van der Waals surface area contributed by atoms with Crippen LogP contribution in [0.3, 0.4) is 0 Å². The van der Waals surface area contributed by atoms with Gasteiger partial charge in [-0.2, -0.15) is 5.10 Å². The van der Waals surface area contributed by atoms with Crippen LogP contribution in [-0.4, -0.2) is 106 Å². The van der Waals surface area contributed by atoms with Gasteiger partial charge in [-0.25, -0.2) is 24.1 Å². The first-order chi connectivity index (χ1) is 36.2. The quantitative estimate of drug-likeness (QED) is 0.0328. The Balaban J connectivity index is 0.914. The lowest BCUT2D eigenvalue weighted by Crippen LogP contribution is -2.54. The molecular weight excluding hydrogens is 959 g/mol. The average molecular weight is 1020 g/mol. The number of pyridine rings is 2. The Morgan fingerprint density at radius 1 is 0.893 bits per heavy atom. The molecule has 390 valence electrons. The molecule has 7 N–H and O–H groups in total. The lowest BCUT2D eigenvalue weighted by molar-refractivity contribution is -0.137. The number of amides is 8. The molecule has 21 heteroatoms. The largest absolute Gasteiger partial charge is 0.445 e. The van der Waals surface area contributed by atoms with Gasteiger partial charge in [-0.3, -0.25) is 38.8 Å². The number of aryl methyl sites for hydroxylation is 2. The molecule has 6 aromatic rings. The number of ether oxygens (including phenoxy) is 1. The monoisotopic (exact) mass is 1020 g/mol. The number of hydrogen-bond acceptors (Lipinski definition) is 12. The summed E-state index contributed by atoms with van der Waals surface area (Å²) in [6.45, 7) is 5.90. The Bertz CT molecular complexity index is 3080. The summed E-state index contributed by atoms with van der Waals surface area (Å²) >= 11 is 0. The van der Waals surface area contributed by atoms with E-state index in [1.54, 1.807) is 47.5 Å². The fraction of sp³-hybridized carbons (Fsp3) is 0.352. The van der Waals surface area contributed by atoms with Crippen LogP contribution in [0.4, 0.5) is 15.3 Å². The molecule has 0 fully saturated rings. The molecule has 1 aliphatic carbocycles. The van der Waals surface area contributed by atoms with Gasteiger partial charge in [0.2, 0.25) is 17.7 Å². The molecule has 4 aromatic heterocycles. The number of carbonyl (C=O) groups is 7. The van der Waals surface area contributed by atoms with Crippen LogP contribution >= 0.6 is 0 Å². The number of nitrogens with one attached hydrogen (secondary N) is 5. The minimum atomic E-state index is -1.06. The number of nitrogens with two attached hydrogens (primary N) is 1. The highest BCUT2D eigenvalue weighted by Gasteiger charge is 2.34. The number of fused-ring (bicyclic) bond motifs is 2. The zero-order valence-electron chi connectivity index (χ0n) is 42.1. The van der Waals surface area contributed by atoms with Gasteiger partial charge in [0.1, 0.15) is 36.5 Å². The van der Waals surface area contributed by atoms with Crippen molar-refractivity contribution in [3.63, 3.8) is 0 Å². The van der Waals surface area contributed by atoms with E-state index >= 15 is 0 Å². The van der Waals surface area contributed by atoms with Crippen LogP contribution in [0.2, 0.25) is 0 Å². The highest BCUT2D eigenvalue weighted by atomic mass is 16.6. The van der Waals surface area contributed by atoms with E-state index in [0.717, 1.165) is 33.7 Å². The number of hydrogen-bond donors (Lipinski definition) is 6. The summed E-state index contributed by atoms with van der Waals surface area (Å²) in [6, 6.07) is 21.4. The smallest absolute Gasteiger partial charge is 0.411 e. The van der Waals surface area contributed by atoms with Gasteiger partial charge < -0.3 is 36.7 Å². The third kappa shape index (κ3) is 13.5. The normalized spacial score (nSPS) is 14.7. The number of imidazole rings is 1. The number of rotatable bonds is 23. The Kier molecular flexibility index (Phi) is 17.0. The molecule has 0 radical (unpaired) electrons. The van der Waals surface area contributed by atoms with Gasteiger partial charge in [0, 0.05) is 54.8 Å². The summed E-state index contributed by atoms with van der Waals surface area (Å²) in [6.07, 6.45) is 8.84. The van der Waals surface area contributed by atoms with Gasteiger partial charge in [0.05, 0.1) is 24.0 Å². The number of carbonyl (C=O) groups excluding carboxylic acids is 7. The van der Waals surface area contributed by atoms with Gasteiger partial charge in [-0.15, -0.1) is 0 Å². The van der Waals surface area contributed by atoms with Gasteiger partial charge in [-0.05, 0) is 104 Å². The standard InChI is InChI=1S/C54H61N13O8/c1-33(2)48(64-45(68)16-5-4-8-27-65-46(69)23-24-47(65)70)52(72)61-41(15-10-26-56-53(55)73)51(71)60-38-20-17-35(18-21-38)31-75-54(74)66(42-22-19-36-12-6-7-13-39(36)42)30-43-62-49(37-25-28-67-44(29-37)57-32-58-67)50(63-43)40-14-9-11-34(3)59-40/h6-7,9,11-14,17-18,20-21,23-25,28-29,32-33,41-42,48H,4-5,8,10,15-16,19,22,26-27,30-31H2,1-3H3,(H,60,71)(H,61,72)(H,62,63)(H,64,68)(H3,55,56,73)/t41-,42+,48?/m0/s1. The Hall–Kier alpha value is -8.75. The van der Waals surface area contributed by atoms with E-state index in [2.05, 4.69) is 42.4 Å². The zero-order chi connectivity index (χ0) is 53.0. The minimum absolute atomic E-state index is 0.0790. The van der Waals surface area contributed by atoms with Crippen LogP contribution in [0.15, 0.2) is 104 Å². The minimum Gasteiger partial charge on any atom is -0.445 e. The maximum absolute atomic E-state index is 14.4. The molecule has 1 unspecified atom stereocenters. The van der Waals surface area contributed by atoms with Crippen molar-refractivity contribution in [1.82, 2.24) is 55.3 Å². The number of aromatic nitrogens is 6. The molecule has 1 aliphatic heterocycles. The Morgan fingerprint density at radius 2 is 1.68 bits per heavy atom. The van der Waals surface area contributed by atoms with Crippen molar-refractivity contribution in [3.05, 3.63) is 132 Å². The lowest BCUT2D eigenvalue weighted by Gasteiger charge is -2.28. The first-order valence-electron chi connectivity index (χ1n) is 25.1. The molecule has 5 heterocycles. The molecule has 2 aromatic carbocycles. The van der Waals surface area contributed by atoms with Crippen LogP contribution in [0.25, 0.3) is 28.3 Å². The number of primary amides is 1. The maximum Gasteiger partial charge on any atom is 0.411 e. The van der Waals surface area contributed by atoms with Crippen LogP contribution in [0.5, 0.6) is 0 Å². The molecule has 75 heavy (non-hydrogen) atoms. The molecule has 3 atom stereocenters. The molecule has 0 saturated carbocycles. The van der Waals surface area contributed by atoms with Crippen molar-refractivity contribution < 1.29 is 38.3 Å². The van der Waals surface area contributed by atoms with E-state index in [1.807, 2.05) is 61.7 Å². The van der Waals surface area contributed by atoms with Crippen molar-refractivity contribution in [2.75, 3.05) is 18.4 Å². The van der Waals surface area contributed by atoms with Crippen LogP contribution in [0.1, 0.15) is 93.0 Å². The highest BCUT2D eigenvalue weighted by molar-refractivity contribution is 6.12. The number of aromatic amines is 1. The van der Waals surface area contributed by atoms with Gasteiger partial charge in [-0.1, -0.05) is 62.7 Å².